The third-order valence-electron chi connectivity index (χ3n) is 3.10. The molecule has 2 N–H and O–H groups in total. The van der Waals surface area contributed by atoms with Crippen molar-refractivity contribution >= 4 is 16.9 Å². The van der Waals surface area contributed by atoms with Crippen LogP contribution in [-0.2, 0) is 0 Å². The smallest absolute Gasteiger partial charge is 0.335 e. The Hall–Kier alpha value is -2.83. The molecular formula is C14H7F3N2O2. The van der Waals surface area contributed by atoms with Crippen molar-refractivity contribution < 1.29 is 23.1 Å². The Bertz CT molecular complexity index is 874. The molecule has 4 nitrogen and oxygen atoms in total. The minimum Gasteiger partial charge on any atom is -0.478 e. The molecule has 0 unspecified atom stereocenters. The number of aromatic carboxylic acids is 1. The number of aromatic nitrogens is 2. The minimum absolute atomic E-state index is 0.0310. The number of fused-ring (bicyclic) bond motifs is 1. The van der Waals surface area contributed by atoms with Gasteiger partial charge in [0, 0.05) is 10.9 Å². The summed E-state index contributed by atoms with van der Waals surface area (Å²) in [5, 5.41) is 15.7. The fourth-order valence-corrected chi connectivity index (χ4v) is 2.07. The molecular weight excluding hydrogens is 285 g/mol. The molecule has 3 aromatic rings. The molecule has 0 bridgehead atoms. The molecule has 1 aromatic heterocycles. The molecule has 0 atom stereocenters. The van der Waals surface area contributed by atoms with Gasteiger partial charge in [0.15, 0.2) is 17.5 Å². The number of aromatic amines is 1. The largest absolute Gasteiger partial charge is 0.478 e. The van der Waals surface area contributed by atoms with E-state index in [1.807, 2.05) is 0 Å². The molecule has 2 aromatic carbocycles. The first-order valence-electron chi connectivity index (χ1n) is 5.84. The monoisotopic (exact) mass is 292 g/mol. The molecule has 0 fully saturated rings. The first-order valence-corrected chi connectivity index (χ1v) is 5.84. The maximum atomic E-state index is 13.8. The Morgan fingerprint density at radius 3 is 2.57 bits per heavy atom. The van der Waals surface area contributed by atoms with Gasteiger partial charge in [0.25, 0.3) is 0 Å². The lowest BCUT2D eigenvalue weighted by atomic mass is 10.1. The highest BCUT2D eigenvalue weighted by molar-refractivity contribution is 5.98. The zero-order valence-corrected chi connectivity index (χ0v) is 10.3. The van der Waals surface area contributed by atoms with Crippen molar-refractivity contribution in [1.29, 1.82) is 0 Å². The predicted molar refractivity (Wildman–Crippen MR) is 68.4 cm³/mol. The molecule has 1 heterocycles. The lowest BCUT2D eigenvalue weighted by Gasteiger charge is -2.02. The summed E-state index contributed by atoms with van der Waals surface area (Å²) in [6.07, 6.45) is 0. The van der Waals surface area contributed by atoms with Gasteiger partial charge in [0.05, 0.1) is 11.1 Å². The van der Waals surface area contributed by atoms with Crippen LogP contribution in [0.3, 0.4) is 0 Å². The molecule has 21 heavy (non-hydrogen) atoms. The highest BCUT2D eigenvalue weighted by atomic mass is 19.2. The zero-order chi connectivity index (χ0) is 15.1. The van der Waals surface area contributed by atoms with E-state index >= 15 is 0 Å². The molecule has 7 heteroatoms. The Labute approximate surface area is 115 Å². The van der Waals surface area contributed by atoms with Gasteiger partial charge in [0.2, 0.25) is 0 Å². The second-order valence-corrected chi connectivity index (χ2v) is 4.36. The molecule has 106 valence electrons. The van der Waals surface area contributed by atoms with E-state index in [1.165, 1.54) is 18.2 Å². The number of H-pyrrole nitrogens is 1. The summed E-state index contributed by atoms with van der Waals surface area (Å²) in [6.45, 7) is 0. The molecule has 0 amide bonds. The van der Waals surface area contributed by atoms with Crippen molar-refractivity contribution in [2.24, 2.45) is 0 Å². The normalized spacial score (nSPS) is 11.0. The van der Waals surface area contributed by atoms with Crippen molar-refractivity contribution in [1.82, 2.24) is 10.2 Å². The van der Waals surface area contributed by atoms with E-state index in [0.29, 0.717) is 10.9 Å². The number of nitrogens with one attached hydrogen (secondary N) is 1. The van der Waals surface area contributed by atoms with Gasteiger partial charge in [0.1, 0.15) is 5.69 Å². The van der Waals surface area contributed by atoms with Crippen LogP contribution in [0.25, 0.3) is 22.2 Å². The summed E-state index contributed by atoms with van der Waals surface area (Å²) in [7, 11) is 0. The Morgan fingerprint density at radius 1 is 1.10 bits per heavy atom. The summed E-state index contributed by atoms with van der Waals surface area (Å²) in [4.78, 5) is 10.9. The van der Waals surface area contributed by atoms with E-state index in [2.05, 4.69) is 10.2 Å². The van der Waals surface area contributed by atoms with Gasteiger partial charge in [-0.05, 0) is 30.3 Å². The van der Waals surface area contributed by atoms with Crippen LogP contribution in [0.1, 0.15) is 10.4 Å². The van der Waals surface area contributed by atoms with Crippen LogP contribution < -0.4 is 0 Å². The van der Waals surface area contributed by atoms with Crippen LogP contribution in [0.15, 0.2) is 30.3 Å². The molecule has 0 aliphatic rings. The molecule has 0 saturated carbocycles. The number of carboxylic acid groups (broad SMARTS) is 1. The fraction of sp³-hybridized carbons (Fsp3) is 0. The fourth-order valence-electron chi connectivity index (χ4n) is 2.07. The van der Waals surface area contributed by atoms with Gasteiger partial charge < -0.3 is 5.11 Å². The van der Waals surface area contributed by atoms with E-state index in [0.717, 1.165) is 12.1 Å². The lowest BCUT2D eigenvalue weighted by molar-refractivity contribution is 0.0697. The van der Waals surface area contributed by atoms with Gasteiger partial charge >= 0.3 is 5.97 Å². The number of rotatable bonds is 2. The van der Waals surface area contributed by atoms with Crippen LogP contribution in [0.5, 0.6) is 0 Å². The van der Waals surface area contributed by atoms with E-state index in [-0.39, 0.29) is 16.8 Å². The van der Waals surface area contributed by atoms with Crippen molar-refractivity contribution in [3.05, 3.63) is 53.3 Å². The van der Waals surface area contributed by atoms with Gasteiger partial charge in [-0.25, -0.2) is 18.0 Å². The van der Waals surface area contributed by atoms with Gasteiger partial charge in [-0.1, -0.05) is 0 Å². The maximum Gasteiger partial charge on any atom is 0.335 e. The van der Waals surface area contributed by atoms with Crippen LogP contribution in [0, 0.1) is 17.5 Å². The molecule has 0 aliphatic carbocycles. The van der Waals surface area contributed by atoms with E-state index in [4.69, 9.17) is 5.11 Å². The third kappa shape index (κ3) is 2.03. The van der Waals surface area contributed by atoms with E-state index in [1.54, 1.807) is 0 Å². The first-order chi connectivity index (χ1) is 9.99. The van der Waals surface area contributed by atoms with Crippen LogP contribution >= 0.6 is 0 Å². The second kappa shape index (κ2) is 4.62. The molecule has 0 aliphatic heterocycles. The van der Waals surface area contributed by atoms with Crippen molar-refractivity contribution in [2.75, 3.05) is 0 Å². The predicted octanol–water partition coefficient (Wildman–Crippen LogP) is 3.35. The van der Waals surface area contributed by atoms with Gasteiger partial charge in [-0.2, -0.15) is 5.10 Å². The Kier molecular flexibility index (Phi) is 2.90. The van der Waals surface area contributed by atoms with Gasteiger partial charge in [-0.3, -0.25) is 5.10 Å². The molecule has 3 rings (SSSR count). The number of carboxylic acids is 1. The summed E-state index contributed by atoms with van der Waals surface area (Å²) >= 11 is 0. The van der Waals surface area contributed by atoms with Crippen molar-refractivity contribution in [2.45, 2.75) is 0 Å². The number of benzene rings is 2. The Morgan fingerprint density at radius 2 is 1.86 bits per heavy atom. The topological polar surface area (TPSA) is 66.0 Å². The first kappa shape index (κ1) is 13.2. The van der Waals surface area contributed by atoms with Crippen LogP contribution in [-0.4, -0.2) is 21.3 Å². The number of hydrogen-bond acceptors (Lipinski definition) is 2. The standard InChI is InChI=1S/C14H7F3N2O2/c15-9-4-3-8(11(16)12(9)17)13-7-2-1-6(14(20)21)5-10(7)18-19-13/h1-5H,(H,18,19)(H,20,21). The van der Waals surface area contributed by atoms with Crippen molar-refractivity contribution in [3.8, 4) is 11.3 Å². The van der Waals surface area contributed by atoms with E-state index < -0.39 is 23.4 Å². The number of halogens is 3. The number of carbonyl (C=O) groups is 1. The highest BCUT2D eigenvalue weighted by Crippen LogP contribution is 2.30. The maximum absolute atomic E-state index is 13.8. The molecule has 0 radical (unpaired) electrons. The molecule has 0 spiro atoms. The van der Waals surface area contributed by atoms with Gasteiger partial charge in [-0.15, -0.1) is 0 Å². The summed E-state index contributed by atoms with van der Waals surface area (Å²) in [5.41, 5.74) is 0.263. The second-order valence-electron chi connectivity index (χ2n) is 4.36. The van der Waals surface area contributed by atoms with Crippen LogP contribution in [0.4, 0.5) is 13.2 Å². The number of hydrogen-bond donors (Lipinski definition) is 2. The third-order valence-corrected chi connectivity index (χ3v) is 3.10. The summed E-state index contributed by atoms with van der Waals surface area (Å²) < 4.78 is 40.0. The summed E-state index contributed by atoms with van der Waals surface area (Å²) in [5.74, 6) is -5.33. The van der Waals surface area contributed by atoms with Crippen LogP contribution in [0.2, 0.25) is 0 Å². The average molecular weight is 292 g/mol. The summed E-state index contributed by atoms with van der Waals surface area (Å²) in [6, 6.07) is 5.96. The number of nitrogens with zero attached hydrogens (tertiary/aromatic N) is 1. The van der Waals surface area contributed by atoms with E-state index in [9.17, 15) is 18.0 Å². The van der Waals surface area contributed by atoms with Crippen molar-refractivity contribution in [3.63, 3.8) is 0 Å². The minimum atomic E-state index is -1.58. The Balaban J connectivity index is 2.22. The highest BCUT2D eigenvalue weighted by Gasteiger charge is 2.19. The average Bonchev–Trinajstić information content (AvgIpc) is 2.88. The SMILES string of the molecule is O=C(O)c1ccc2c(-c3ccc(F)c(F)c3F)n[nH]c2c1. The lowest BCUT2D eigenvalue weighted by Crippen LogP contribution is -1.95. The zero-order valence-electron chi connectivity index (χ0n) is 10.3. The quantitative estimate of drug-likeness (QED) is 0.712. The molecule has 0 saturated heterocycles.